The number of nitrogens with one attached hydrogen (secondary N) is 1. The van der Waals surface area contributed by atoms with Gasteiger partial charge >= 0.3 is 5.97 Å². The summed E-state index contributed by atoms with van der Waals surface area (Å²) < 4.78 is 4.71. The topological polar surface area (TPSA) is 79.0 Å². The Bertz CT molecular complexity index is 610. The first-order chi connectivity index (χ1) is 11.5. The zero-order chi connectivity index (χ0) is 17.5. The first-order valence-electron chi connectivity index (χ1n) is 7.96. The molecule has 24 heavy (non-hydrogen) atoms. The number of rotatable bonds is 5. The van der Waals surface area contributed by atoms with Crippen molar-refractivity contribution in [2.24, 2.45) is 0 Å². The molecule has 0 aliphatic carbocycles. The van der Waals surface area contributed by atoms with Gasteiger partial charge < -0.3 is 15.0 Å². The van der Waals surface area contributed by atoms with Crippen molar-refractivity contribution in [3.05, 3.63) is 29.8 Å². The summed E-state index contributed by atoms with van der Waals surface area (Å²) in [6, 6.07) is 6.76. The molecule has 1 N–H and O–H groups in total. The molecule has 7 nitrogen and oxygen atoms in total. The van der Waals surface area contributed by atoms with Crippen LogP contribution >= 0.6 is 0 Å². The number of esters is 1. The molecule has 1 saturated heterocycles. The number of para-hydroxylation sites is 1. The summed E-state index contributed by atoms with van der Waals surface area (Å²) in [6.07, 6.45) is 0.329. The van der Waals surface area contributed by atoms with Gasteiger partial charge in [0, 0.05) is 46.1 Å². The fraction of sp³-hybridized carbons (Fsp3) is 0.471. The normalized spacial score (nSPS) is 15.0. The number of methoxy groups -OCH3 is 1. The van der Waals surface area contributed by atoms with Gasteiger partial charge in [-0.05, 0) is 12.1 Å². The van der Waals surface area contributed by atoms with Crippen molar-refractivity contribution in [1.82, 2.24) is 9.80 Å². The Morgan fingerprint density at radius 1 is 1.12 bits per heavy atom. The molecule has 0 unspecified atom stereocenters. The summed E-state index contributed by atoms with van der Waals surface area (Å²) in [7, 11) is 1.31. The molecule has 1 aliphatic heterocycles. The predicted octanol–water partition coefficient (Wildman–Crippen LogP) is 0.966. The number of anilines is 1. The SMILES string of the molecule is COC(=O)c1ccccc1NC(=O)CCN1CCN(C(C)=O)CC1. The summed E-state index contributed by atoms with van der Waals surface area (Å²) in [5.41, 5.74) is 0.791. The van der Waals surface area contributed by atoms with Crippen LogP contribution in [0.15, 0.2) is 24.3 Å². The van der Waals surface area contributed by atoms with Gasteiger partial charge in [0.25, 0.3) is 0 Å². The minimum Gasteiger partial charge on any atom is -0.465 e. The van der Waals surface area contributed by atoms with Gasteiger partial charge in [-0.15, -0.1) is 0 Å². The van der Waals surface area contributed by atoms with E-state index in [4.69, 9.17) is 4.74 Å². The molecular formula is C17H23N3O4. The molecule has 1 aliphatic rings. The smallest absolute Gasteiger partial charge is 0.339 e. The van der Waals surface area contributed by atoms with E-state index < -0.39 is 5.97 Å². The number of amides is 2. The molecule has 2 rings (SSSR count). The van der Waals surface area contributed by atoms with Crippen LogP contribution in [0, 0.1) is 0 Å². The Morgan fingerprint density at radius 2 is 1.79 bits per heavy atom. The number of carbonyl (C=O) groups excluding carboxylic acids is 3. The lowest BCUT2D eigenvalue weighted by Gasteiger charge is -2.34. The zero-order valence-electron chi connectivity index (χ0n) is 14.1. The van der Waals surface area contributed by atoms with Gasteiger partial charge in [0.2, 0.25) is 11.8 Å². The van der Waals surface area contributed by atoms with Gasteiger partial charge in [0.15, 0.2) is 0 Å². The summed E-state index contributed by atoms with van der Waals surface area (Å²) in [6.45, 7) is 5.13. The number of nitrogens with zero attached hydrogens (tertiary/aromatic N) is 2. The molecule has 0 bridgehead atoms. The van der Waals surface area contributed by atoms with Crippen molar-refractivity contribution in [2.75, 3.05) is 45.2 Å². The predicted molar refractivity (Wildman–Crippen MR) is 89.7 cm³/mol. The van der Waals surface area contributed by atoms with Gasteiger partial charge in [0.05, 0.1) is 18.4 Å². The van der Waals surface area contributed by atoms with E-state index in [0.29, 0.717) is 37.3 Å². The van der Waals surface area contributed by atoms with Crippen LogP contribution in [0.2, 0.25) is 0 Å². The first kappa shape index (κ1) is 17.9. The lowest BCUT2D eigenvalue weighted by molar-refractivity contribution is -0.130. The summed E-state index contributed by atoms with van der Waals surface area (Å²) in [5, 5.41) is 2.76. The first-order valence-corrected chi connectivity index (χ1v) is 7.96. The van der Waals surface area contributed by atoms with Crippen LogP contribution in [0.5, 0.6) is 0 Å². The molecule has 7 heteroatoms. The second-order valence-corrected chi connectivity index (χ2v) is 5.68. The third-order valence-corrected chi connectivity index (χ3v) is 4.08. The third-order valence-electron chi connectivity index (χ3n) is 4.08. The maximum atomic E-state index is 12.1. The monoisotopic (exact) mass is 333 g/mol. The molecule has 0 saturated carbocycles. The second kappa shape index (κ2) is 8.44. The molecule has 1 aromatic rings. The molecule has 0 radical (unpaired) electrons. The van der Waals surface area contributed by atoms with E-state index in [1.807, 2.05) is 4.90 Å². The highest BCUT2D eigenvalue weighted by molar-refractivity contribution is 6.01. The van der Waals surface area contributed by atoms with E-state index in [1.165, 1.54) is 7.11 Å². The molecule has 130 valence electrons. The summed E-state index contributed by atoms with van der Waals surface area (Å²) in [5.74, 6) is -0.543. The summed E-state index contributed by atoms with van der Waals surface area (Å²) in [4.78, 5) is 39.1. The van der Waals surface area contributed by atoms with Crippen LogP contribution in [0.25, 0.3) is 0 Å². The number of carbonyl (C=O) groups is 3. The van der Waals surface area contributed by atoms with E-state index in [2.05, 4.69) is 10.2 Å². The van der Waals surface area contributed by atoms with E-state index in [-0.39, 0.29) is 11.8 Å². The van der Waals surface area contributed by atoms with E-state index in [1.54, 1.807) is 31.2 Å². The van der Waals surface area contributed by atoms with Gasteiger partial charge in [0.1, 0.15) is 0 Å². The third kappa shape index (κ3) is 4.79. The second-order valence-electron chi connectivity index (χ2n) is 5.68. The Labute approximate surface area is 141 Å². The highest BCUT2D eigenvalue weighted by atomic mass is 16.5. The number of piperazine rings is 1. The molecule has 2 amide bonds. The lowest BCUT2D eigenvalue weighted by atomic mass is 10.1. The number of hydrogen-bond acceptors (Lipinski definition) is 5. The molecule has 0 atom stereocenters. The van der Waals surface area contributed by atoms with Crippen LogP contribution in [0.4, 0.5) is 5.69 Å². The fourth-order valence-corrected chi connectivity index (χ4v) is 2.64. The van der Waals surface area contributed by atoms with Crippen LogP contribution < -0.4 is 5.32 Å². The standard InChI is InChI=1S/C17H23N3O4/c1-13(21)20-11-9-19(10-12-20)8-7-16(22)18-15-6-4-3-5-14(15)17(23)24-2/h3-6H,7-12H2,1-2H3,(H,18,22). The van der Waals surface area contributed by atoms with Crippen LogP contribution in [0.1, 0.15) is 23.7 Å². The lowest BCUT2D eigenvalue weighted by Crippen LogP contribution is -2.48. The zero-order valence-corrected chi connectivity index (χ0v) is 14.1. The summed E-state index contributed by atoms with van der Waals surface area (Å²) >= 11 is 0. The largest absolute Gasteiger partial charge is 0.465 e. The Balaban J connectivity index is 1.82. The van der Waals surface area contributed by atoms with Crippen LogP contribution in [-0.4, -0.2) is 67.4 Å². The van der Waals surface area contributed by atoms with Crippen LogP contribution in [0.3, 0.4) is 0 Å². The molecule has 0 spiro atoms. The van der Waals surface area contributed by atoms with Crippen molar-refractivity contribution in [2.45, 2.75) is 13.3 Å². The van der Waals surface area contributed by atoms with E-state index in [0.717, 1.165) is 13.1 Å². The molecule has 1 heterocycles. The highest BCUT2D eigenvalue weighted by Crippen LogP contribution is 2.16. The van der Waals surface area contributed by atoms with Crippen molar-refractivity contribution in [1.29, 1.82) is 0 Å². The Morgan fingerprint density at radius 3 is 2.42 bits per heavy atom. The van der Waals surface area contributed by atoms with Gasteiger partial charge in [-0.2, -0.15) is 0 Å². The minimum atomic E-state index is -0.480. The maximum absolute atomic E-state index is 12.1. The molecule has 0 aromatic heterocycles. The van der Waals surface area contributed by atoms with Crippen molar-refractivity contribution >= 4 is 23.5 Å². The van der Waals surface area contributed by atoms with Crippen molar-refractivity contribution in [3.63, 3.8) is 0 Å². The Hall–Kier alpha value is -2.41. The van der Waals surface area contributed by atoms with Crippen LogP contribution in [-0.2, 0) is 14.3 Å². The molecular weight excluding hydrogens is 310 g/mol. The Kier molecular flexibility index (Phi) is 6.31. The number of hydrogen-bond donors (Lipinski definition) is 1. The van der Waals surface area contributed by atoms with Gasteiger partial charge in [-0.25, -0.2) is 4.79 Å². The highest BCUT2D eigenvalue weighted by Gasteiger charge is 2.19. The molecule has 1 aromatic carbocycles. The average molecular weight is 333 g/mol. The molecule has 1 fully saturated rings. The quantitative estimate of drug-likeness (QED) is 0.812. The maximum Gasteiger partial charge on any atom is 0.339 e. The van der Waals surface area contributed by atoms with Crippen molar-refractivity contribution < 1.29 is 19.1 Å². The van der Waals surface area contributed by atoms with E-state index >= 15 is 0 Å². The average Bonchev–Trinajstić information content (AvgIpc) is 2.60. The van der Waals surface area contributed by atoms with Gasteiger partial charge in [-0.3, -0.25) is 14.5 Å². The minimum absolute atomic E-state index is 0.0896. The number of benzene rings is 1. The van der Waals surface area contributed by atoms with Crippen molar-refractivity contribution in [3.8, 4) is 0 Å². The van der Waals surface area contributed by atoms with Gasteiger partial charge in [-0.1, -0.05) is 12.1 Å². The fourth-order valence-electron chi connectivity index (χ4n) is 2.64. The van der Waals surface area contributed by atoms with E-state index in [9.17, 15) is 14.4 Å². The number of ether oxygens (including phenoxy) is 1.